The first-order chi connectivity index (χ1) is 17.8. The lowest BCUT2D eigenvalue weighted by Crippen LogP contribution is -2.22. The van der Waals surface area contributed by atoms with Gasteiger partial charge in [0.05, 0.1) is 0 Å². The molecular weight excluding hydrogens is 477 g/mol. The van der Waals surface area contributed by atoms with Gasteiger partial charge in [-0.15, -0.1) is 0 Å². The molecule has 0 spiro atoms. The number of thiazole rings is 1. The van der Waals surface area contributed by atoms with Crippen LogP contribution in [-0.2, 0) is 0 Å². The molecule has 4 heteroatoms. The monoisotopic (exact) mass is 498 g/mol. The van der Waals surface area contributed by atoms with E-state index in [2.05, 4.69) is 115 Å². The van der Waals surface area contributed by atoms with Crippen LogP contribution in [0.2, 0.25) is 0 Å². The Hall–Kier alpha value is -3.60. The van der Waals surface area contributed by atoms with Gasteiger partial charge in [0.1, 0.15) is 20.4 Å². The van der Waals surface area contributed by atoms with Gasteiger partial charge in [0.25, 0.3) is 0 Å². The van der Waals surface area contributed by atoms with Crippen LogP contribution in [0, 0.1) is 5.92 Å². The molecule has 2 nitrogen and oxygen atoms in total. The number of aromatic nitrogens is 1. The normalized spacial score (nSPS) is 21.7. The maximum absolute atomic E-state index is 5.17. The zero-order chi connectivity index (χ0) is 23.6. The van der Waals surface area contributed by atoms with E-state index < -0.39 is 0 Å². The van der Waals surface area contributed by atoms with Crippen molar-refractivity contribution in [2.75, 3.05) is 5.32 Å². The number of anilines is 1. The minimum atomic E-state index is 0.183. The summed E-state index contributed by atoms with van der Waals surface area (Å²) in [7, 11) is 0. The van der Waals surface area contributed by atoms with Gasteiger partial charge in [-0.2, -0.15) is 0 Å². The quantitative estimate of drug-likeness (QED) is 0.246. The summed E-state index contributed by atoms with van der Waals surface area (Å²) in [4.78, 5) is 5.17. The van der Waals surface area contributed by atoms with E-state index >= 15 is 0 Å². The summed E-state index contributed by atoms with van der Waals surface area (Å²) in [6, 6.07) is 28.5. The van der Waals surface area contributed by atoms with Crippen molar-refractivity contribution in [3.05, 3.63) is 120 Å². The average molecular weight is 499 g/mol. The molecule has 0 bridgehead atoms. The Kier molecular flexibility index (Phi) is 4.55. The lowest BCUT2D eigenvalue weighted by atomic mass is 9.74. The van der Waals surface area contributed by atoms with E-state index in [1.165, 1.54) is 48.8 Å². The minimum absolute atomic E-state index is 0.183. The number of rotatable bonds is 2. The number of thioether (sulfide) groups is 1. The molecule has 2 aliphatic carbocycles. The molecule has 0 fully saturated rings. The topological polar surface area (TPSA) is 24.9 Å². The van der Waals surface area contributed by atoms with Crippen molar-refractivity contribution in [2.45, 2.75) is 16.3 Å². The molecule has 1 aliphatic heterocycles. The van der Waals surface area contributed by atoms with Gasteiger partial charge in [-0.25, -0.2) is 4.98 Å². The number of nitrogens with one attached hydrogen (secondary N) is 1. The van der Waals surface area contributed by atoms with Gasteiger partial charge >= 0.3 is 0 Å². The van der Waals surface area contributed by atoms with E-state index in [4.69, 9.17) is 4.98 Å². The van der Waals surface area contributed by atoms with Crippen molar-refractivity contribution >= 4 is 55.2 Å². The van der Waals surface area contributed by atoms with Gasteiger partial charge in [0, 0.05) is 17.4 Å². The molecule has 1 aromatic heterocycles. The molecule has 3 unspecified atom stereocenters. The van der Waals surface area contributed by atoms with Crippen LogP contribution in [0.3, 0.4) is 0 Å². The lowest BCUT2D eigenvalue weighted by Gasteiger charge is -2.32. The van der Waals surface area contributed by atoms with Gasteiger partial charge in [0.2, 0.25) is 0 Å². The number of hydrogen-bond acceptors (Lipinski definition) is 4. The Morgan fingerprint density at radius 2 is 1.53 bits per heavy atom. The van der Waals surface area contributed by atoms with Gasteiger partial charge < -0.3 is 5.32 Å². The molecule has 3 aliphatic rings. The van der Waals surface area contributed by atoms with Crippen LogP contribution >= 0.6 is 23.1 Å². The van der Waals surface area contributed by atoms with Crippen molar-refractivity contribution in [3.8, 4) is 10.6 Å². The van der Waals surface area contributed by atoms with Crippen LogP contribution in [-0.4, -0.2) is 10.4 Å². The maximum atomic E-state index is 5.17. The molecule has 8 rings (SSSR count). The second-order valence-electron chi connectivity index (χ2n) is 9.57. The zero-order valence-corrected chi connectivity index (χ0v) is 21.0. The third-order valence-electron chi connectivity index (χ3n) is 7.55. The highest BCUT2D eigenvalue weighted by Gasteiger charge is 2.35. The smallest absolute Gasteiger partial charge is 0.134 e. The largest absolute Gasteiger partial charge is 0.359 e. The van der Waals surface area contributed by atoms with Crippen molar-refractivity contribution in [1.29, 1.82) is 0 Å². The third kappa shape index (κ3) is 3.08. The average Bonchev–Trinajstić information content (AvgIpc) is 3.52. The zero-order valence-electron chi connectivity index (χ0n) is 19.4. The summed E-state index contributed by atoms with van der Waals surface area (Å²) in [5.41, 5.74) is 5.38. The summed E-state index contributed by atoms with van der Waals surface area (Å²) >= 11 is 3.62. The summed E-state index contributed by atoms with van der Waals surface area (Å²) < 4.78 is 0. The van der Waals surface area contributed by atoms with Crippen LogP contribution in [0.1, 0.15) is 17.0 Å². The Bertz CT molecular complexity index is 1750. The highest BCUT2D eigenvalue weighted by Crippen LogP contribution is 2.52. The van der Waals surface area contributed by atoms with Gasteiger partial charge in [-0.1, -0.05) is 126 Å². The SMILES string of the molecule is C1=CC2C=C(C3Nc4sc(-c5cc6ccccc6c6ccccc56)nc4S3)c3ccccc3C2C=C1. The van der Waals surface area contributed by atoms with Gasteiger partial charge in [-0.05, 0) is 44.3 Å². The number of fused-ring (bicyclic) bond motifs is 7. The Balaban J connectivity index is 1.18. The first-order valence-electron chi connectivity index (χ1n) is 12.3. The van der Waals surface area contributed by atoms with Gasteiger partial charge in [0.15, 0.2) is 0 Å². The highest BCUT2D eigenvalue weighted by molar-refractivity contribution is 8.01. The second kappa shape index (κ2) is 7.95. The van der Waals surface area contributed by atoms with Crippen molar-refractivity contribution < 1.29 is 0 Å². The van der Waals surface area contributed by atoms with E-state index in [-0.39, 0.29) is 5.37 Å². The molecular formula is C32H22N2S2. The van der Waals surface area contributed by atoms with Crippen molar-refractivity contribution in [1.82, 2.24) is 4.98 Å². The molecule has 4 aromatic carbocycles. The molecule has 1 N–H and O–H groups in total. The second-order valence-corrected chi connectivity index (χ2v) is 11.7. The fourth-order valence-electron chi connectivity index (χ4n) is 5.90. The number of allylic oxidation sites excluding steroid dienone is 5. The summed E-state index contributed by atoms with van der Waals surface area (Å²) in [6.07, 6.45) is 11.5. The predicted octanol–water partition coefficient (Wildman–Crippen LogP) is 8.88. The van der Waals surface area contributed by atoms with Crippen LogP contribution in [0.5, 0.6) is 0 Å². The molecule has 36 heavy (non-hydrogen) atoms. The number of benzene rings is 4. The minimum Gasteiger partial charge on any atom is -0.359 e. The molecule has 0 radical (unpaired) electrons. The first kappa shape index (κ1) is 20.6. The maximum Gasteiger partial charge on any atom is 0.134 e. The van der Waals surface area contributed by atoms with E-state index in [1.807, 2.05) is 11.8 Å². The Labute approximate surface area is 218 Å². The third-order valence-corrected chi connectivity index (χ3v) is 9.82. The van der Waals surface area contributed by atoms with Crippen molar-refractivity contribution in [3.63, 3.8) is 0 Å². The fraction of sp³-hybridized carbons (Fsp3) is 0.0938. The van der Waals surface area contributed by atoms with E-state index in [9.17, 15) is 0 Å². The predicted molar refractivity (Wildman–Crippen MR) is 155 cm³/mol. The summed E-state index contributed by atoms with van der Waals surface area (Å²) in [6.45, 7) is 0. The number of hydrogen-bond donors (Lipinski definition) is 1. The lowest BCUT2D eigenvalue weighted by molar-refractivity contribution is 0.686. The van der Waals surface area contributed by atoms with Crippen LogP contribution in [0.15, 0.2) is 114 Å². The fourth-order valence-corrected chi connectivity index (χ4v) is 8.26. The molecule has 172 valence electrons. The Morgan fingerprint density at radius 1 is 0.750 bits per heavy atom. The first-order valence-corrected chi connectivity index (χ1v) is 14.0. The van der Waals surface area contributed by atoms with Crippen LogP contribution in [0.4, 0.5) is 5.00 Å². The van der Waals surface area contributed by atoms with E-state index in [1.54, 1.807) is 11.3 Å². The Morgan fingerprint density at radius 3 is 2.44 bits per heavy atom. The van der Waals surface area contributed by atoms with Crippen LogP contribution in [0.25, 0.3) is 37.7 Å². The van der Waals surface area contributed by atoms with E-state index in [0.717, 1.165) is 10.0 Å². The molecule has 0 saturated carbocycles. The number of nitrogens with zero attached hydrogens (tertiary/aromatic N) is 1. The standard InChI is InChI=1S/C32H22N2S2/c1-3-11-21-19(9-1)17-27(25-15-7-5-13-23(21)25)29-33-31-32(35-29)34-30(36-31)28-18-20-10-2-4-12-22(20)24-14-6-8-16-26(24)28/h1-19,21,29,33H. The summed E-state index contributed by atoms with van der Waals surface area (Å²) in [5, 5.41) is 12.5. The molecule has 0 amide bonds. The van der Waals surface area contributed by atoms with Crippen LogP contribution < -0.4 is 5.32 Å². The highest BCUT2D eigenvalue weighted by atomic mass is 32.2. The molecule has 0 saturated heterocycles. The molecule has 5 aromatic rings. The van der Waals surface area contributed by atoms with Crippen molar-refractivity contribution in [2.24, 2.45) is 5.92 Å². The van der Waals surface area contributed by atoms with E-state index in [0.29, 0.717) is 11.8 Å². The van der Waals surface area contributed by atoms with Gasteiger partial charge in [-0.3, -0.25) is 0 Å². The molecule has 2 heterocycles. The molecule has 3 atom stereocenters. The summed E-state index contributed by atoms with van der Waals surface area (Å²) in [5.74, 6) is 0.842.